The van der Waals surface area contributed by atoms with Crippen LogP contribution in [0, 0.1) is 0 Å². The van der Waals surface area contributed by atoms with Crippen molar-refractivity contribution in [2.24, 2.45) is 0 Å². The number of aromatic amines is 1. The Hall–Kier alpha value is -1.91. The fraction of sp³-hybridized carbons (Fsp3) is 0.300. The zero-order valence-corrected chi connectivity index (χ0v) is 8.49. The van der Waals surface area contributed by atoms with E-state index in [2.05, 4.69) is 15.3 Å². The molecule has 1 aromatic heterocycles. The van der Waals surface area contributed by atoms with Gasteiger partial charge in [0.1, 0.15) is 0 Å². The van der Waals surface area contributed by atoms with Gasteiger partial charge in [0.25, 0.3) is 5.56 Å². The highest BCUT2D eigenvalue weighted by molar-refractivity contribution is 5.72. The van der Waals surface area contributed by atoms with E-state index in [4.69, 9.17) is 0 Å². The van der Waals surface area contributed by atoms with Gasteiger partial charge < -0.3 is 10.3 Å². The molecule has 5 heteroatoms. The second-order valence-electron chi connectivity index (χ2n) is 3.01. The third kappa shape index (κ3) is 4.21. The summed E-state index contributed by atoms with van der Waals surface area (Å²) < 4.78 is 0. The van der Waals surface area contributed by atoms with Gasteiger partial charge in [-0.3, -0.25) is 9.59 Å². The summed E-state index contributed by atoms with van der Waals surface area (Å²) >= 11 is 0. The van der Waals surface area contributed by atoms with Crippen LogP contribution < -0.4 is 10.9 Å². The molecule has 0 atom stereocenters. The second kappa shape index (κ2) is 5.74. The lowest BCUT2D eigenvalue weighted by Gasteiger charge is -1.96. The molecular formula is C10H13N3O2. The number of nitrogens with one attached hydrogen (secondary N) is 2. The zero-order chi connectivity index (χ0) is 11.1. The van der Waals surface area contributed by atoms with Gasteiger partial charge in [-0.15, -0.1) is 0 Å². The summed E-state index contributed by atoms with van der Waals surface area (Å²) in [5.74, 6) is -0.0531. The molecule has 0 aliphatic heterocycles. The Labute approximate surface area is 87.2 Å². The Bertz CT molecular complexity index is 409. The molecule has 0 radical (unpaired) electrons. The van der Waals surface area contributed by atoms with Crippen molar-refractivity contribution in [2.45, 2.75) is 13.3 Å². The number of carbonyl (C=O) groups excluding carboxylic acids is 1. The number of carbonyl (C=O) groups is 1. The Balaban J connectivity index is 2.42. The highest BCUT2D eigenvalue weighted by Crippen LogP contribution is 1.92. The molecule has 5 nitrogen and oxygen atoms in total. The van der Waals surface area contributed by atoms with E-state index in [9.17, 15) is 9.59 Å². The number of aromatic nitrogens is 2. The monoisotopic (exact) mass is 207 g/mol. The molecule has 1 amide bonds. The molecule has 0 unspecified atom stereocenters. The molecule has 80 valence electrons. The average Bonchev–Trinajstić information content (AvgIpc) is 2.20. The van der Waals surface area contributed by atoms with Crippen LogP contribution in [0.3, 0.4) is 0 Å². The van der Waals surface area contributed by atoms with Crippen LogP contribution in [0.15, 0.2) is 23.4 Å². The van der Waals surface area contributed by atoms with Gasteiger partial charge in [0.05, 0.1) is 11.9 Å². The minimum Gasteiger partial charge on any atom is -0.356 e. The van der Waals surface area contributed by atoms with Crippen LogP contribution in [0.1, 0.15) is 18.9 Å². The molecule has 0 aliphatic carbocycles. The molecule has 0 aliphatic rings. The van der Waals surface area contributed by atoms with Crippen LogP contribution in [-0.4, -0.2) is 22.4 Å². The summed E-state index contributed by atoms with van der Waals surface area (Å²) in [7, 11) is 0. The lowest BCUT2D eigenvalue weighted by atomic mass is 10.2. The van der Waals surface area contributed by atoms with Gasteiger partial charge in [-0.05, 0) is 6.42 Å². The van der Waals surface area contributed by atoms with Crippen molar-refractivity contribution in [3.8, 4) is 0 Å². The number of rotatable bonds is 4. The maximum absolute atomic E-state index is 11.2. The average molecular weight is 207 g/mol. The summed E-state index contributed by atoms with van der Waals surface area (Å²) in [5.41, 5.74) is 0.348. The molecular weight excluding hydrogens is 194 g/mol. The predicted molar refractivity (Wildman–Crippen MR) is 57.2 cm³/mol. The Morgan fingerprint density at radius 3 is 3.13 bits per heavy atom. The smallest absolute Gasteiger partial charge is 0.257 e. The van der Waals surface area contributed by atoms with E-state index in [-0.39, 0.29) is 11.5 Å². The first-order chi connectivity index (χ1) is 7.20. The fourth-order valence-electron chi connectivity index (χ4n) is 1.02. The van der Waals surface area contributed by atoms with E-state index in [1.165, 1.54) is 19.4 Å². The number of hydrogen-bond acceptors (Lipinski definition) is 3. The first kappa shape index (κ1) is 11.2. The zero-order valence-electron chi connectivity index (χ0n) is 8.49. The van der Waals surface area contributed by atoms with Crippen LogP contribution in [0.25, 0.3) is 6.08 Å². The van der Waals surface area contributed by atoms with Crippen LogP contribution in [0.4, 0.5) is 0 Å². The summed E-state index contributed by atoms with van der Waals surface area (Å²) in [5, 5.41) is 2.65. The van der Waals surface area contributed by atoms with Crippen LogP contribution in [0.2, 0.25) is 0 Å². The topological polar surface area (TPSA) is 74.8 Å². The molecule has 1 heterocycles. The van der Waals surface area contributed by atoms with Crippen LogP contribution in [0.5, 0.6) is 0 Å². The Morgan fingerprint density at radius 1 is 1.67 bits per heavy atom. The number of H-pyrrole nitrogens is 1. The first-order valence-electron chi connectivity index (χ1n) is 4.64. The molecule has 0 aromatic carbocycles. The van der Waals surface area contributed by atoms with Crippen molar-refractivity contribution in [1.29, 1.82) is 0 Å². The van der Waals surface area contributed by atoms with E-state index in [0.29, 0.717) is 18.5 Å². The maximum Gasteiger partial charge on any atom is 0.257 e. The second-order valence-corrected chi connectivity index (χ2v) is 3.01. The van der Waals surface area contributed by atoms with E-state index < -0.39 is 0 Å². The van der Waals surface area contributed by atoms with Crippen molar-refractivity contribution in [1.82, 2.24) is 15.3 Å². The normalized spacial score (nSPS) is 10.5. The number of hydrogen-bond donors (Lipinski definition) is 2. The van der Waals surface area contributed by atoms with Gasteiger partial charge in [-0.25, -0.2) is 4.98 Å². The third-order valence-electron chi connectivity index (χ3n) is 1.73. The van der Waals surface area contributed by atoms with Crippen molar-refractivity contribution in [3.05, 3.63) is 34.5 Å². The minimum atomic E-state index is -0.166. The van der Waals surface area contributed by atoms with Crippen molar-refractivity contribution < 1.29 is 4.79 Å². The maximum atomic E-state index is 11.2. The predicted octanol–water partition coefficient (Wildman–Crippen LogP) is 0.309. The van der Waals surface area contributed by atoms with Crippen LogP contribution >= 0.6 is 0 Å². The third-order valence-corrected chi connectivity index (χ3v) is 1.73. The van der Waals surface area contributed by atoms with Gasteiger partial charge in [-0.2, -0.15) is 0 Å². The van der Waals surface area contributed by atoms with Crippen molar-refractivity contribution >= 4 is 12.0 Å². The number of nitrogens with zero attached hydrogens (tertiary/aromatic N) is 1. The van der Waals surface area contributed by atoms with Gasteiger partial charge in [0.15, 0.2) is 0 Å². The molecule has 1 rings (SSSR count). The van der Waals surface area contributed by atoms with E-state index in [1.807, 2.05) is 6.08 Å². The molecule has 15 heavy (non-hydrogen) atoms. The van der Waals surface area contributed by atoms with Crippen molar-refractivity contribution in [3.63, 3.8) is 0 Å². The van der Waals surface area contributed by atoms with Gasteiger partial charge in [0, 0.05) is 19.7 Å². The molecule has 0 spiro atoms. The lowest BCUT2D eigenvalue weighted by Crippen LogP contribution is -2.20. The summed E-state index contributed by atoms with van der Waals surface area (Å²) in [4.78, 5) is 28.0. The standard InChI is InChI=1S/C10H13N3O2/c1-8(14)12-5-3-2-4-9-6-11-7-13-10(9)15/h2,4,6-7H,3,5H2,1H3,(H,12,14)(H,11,13,15). The Morgan fingerprint density at radius 2 is 2.47 bits per heavy atom. The van der Waals surface area contributed by atoms with Crippen LogP contribution in [-0.2, 0) is 4.79 Å². The highest BCUT2D eigenvalue weighted by Gasteiger charge is 1.92. The quantitative estimate of drug-likeness (QED) is 0.698. The fourth-order valence-corrected chi connectivity index (χ4v) is 1.02. The molecule has 0 saturated carbocycles. The number of amides is 1. The first-order valence-corrected chi connectivity index (χ1v) is 4.64. The van der Waals surface area contributed by atoms with Gasteiger partial charge in [-0.1, -0.05) is 12.2 Å². The van der Waals surface area contributed by atoms with E-state index >= 15 is 0 Å². The van der Waals surface area contributed by atoms with Gasteiger partial charge in [0.2, 0.25) is 5.91 Å². The summed E-state index contributed by atoms with van der Waals surface area (Å²) in [6.07, 6.45) is 7.04. The SMILES string of the molecule is CC(=O)NCCC=Cc1cnc[nH]c1=O. The molecule has 0 fully saturated rings. The summed E-state index contributed by atoms with van der Waals surface area (Å²) in [6, 6.07) is 0. The Kier molecular flexibility index (Phi) is 4.28. The summed E-state index contributed by atoms with van der Waals surface area (Å²) in [6.45, 7) is 2.04. The molecule has 0 saturated heterocycles. The lowest BCUT2D eigenvalue weighted by molar-refractivity contribution is -0.118. The minimum absolute atomic E-state index is 0.0531. The van der Waals surface area contributed by atoms with Crippen molar-refractivity contribution in [2.75, 3.05) is 6.54 Å². The van der Waals surface area contributed by atoms with E-state index in [0.717, 1.165) is 0 Å². The highest BCUT2D eigenvalue weighted by atomic mass is 16.1. The van der Waals surface area contributed by atoms with E-state index in [1.54, 1.807) is 6.08 Å². The molecule has 0 bridgehead atoms. The largest absolute Gasteiger partial charge is 0.356 e. The van der Waals surface area contributed by atoms with Gasteiger partial charge >= 0.3 is 0 Å². The molecule has 2 N–H and O–H groups in total. The molecule has 1 aromatic rings.